The number of anilines is 1. The maximum absolute atomic E-state index is 11.6. The number of benzene rings is 1. The first-order valence-corrected chi connectivity index (χ1v) is 5.95. The van der Waals surface area contributed by atoms with Crippen molar-refractivity contribution >= 4 is 50.1 Å². The Bertz CT molecular complexity index is 346. The smallest absolute Gasteiger partial charge is 0.240 e. The van der Waals surface area contributed by atoms with Crippen LogP contribution in [0.4, 0.5) is 5.69 Å². The number of carbonyl (C=O) groups excluding carboxylic acids is 1. The van der Waals surface area contributed by atoms with Crippen LogP contribution in [0, 0.1) is 9.64 Å². The summed E-state index contributed by atoms with van der Waals surface area (Å²) in [4.78, 5) is 11.6. The van der Waals surface area contributed by atoms with Crippen molar-refractivity contribution in [3.8, 4) is 0 Å². The van der Waals surface area contributed by atoms with Gasteiger partial charge in [0.05, 0.1) is 10.0 Å². The van der Waals surface area contributed by atoms with Crippen LogP contribution in [0.25, 0.3) is 0 Å². The van der Waals surface area contributed by atoms with Crippen LogP contribution < -0.4 is 5.32 Å². The van der Waals surface area contributed by atoms with Crippen LogP contribution in [0.15, 0.2) is 18.2 Å². The van der Waals surface area contributed by atoms with E-state index in [0.29, 0.717) is 0 Å². The Balaban J connectivity index is 2.80. The van der Waals surface area contributed by atoms with E-state index >= 15 is 0 Å². The fourth-order valence-electron chi connectivity index (χ4n) is 0.774. The molecule has 0 aliphatic carbocycles. The fourth-order valence-corrected chi connectivity index (χ4v) is 1.37. The monoisotopic (exact) mass is 366 g/mol. The molecule has 0 unspecified atom stereocenters. The summed E-state index contributed by atoms with van der Waals surface area (Å²) >= 11 is 5.46. The fraction of sp³-hybridized carbons (Fsp3) is 0.300. The Hall–Kier alpha value is -0.100. The molecule has 0 spiro atoms. The van der Waals surface area contributed by atoms with Gasteiger partial charge >= 0.3 is 0 Å². The normalized spacial score (nSPS) is 11.1. The van der Waals surface area contributed by atoms with Crippen LogP contribution in [-0.4, -0.2) is 10.2 Å². The molecule has 14 heavy (non-hydrogen) atoms. The first-order chi connectivity index (χ1) is 6.41. The molecule has 0 saturated heterocycles. The second-order valence-electron chi connectivity index (χ2n) is 3.32. The van der Waals surface area contributed by atoms with Gasteiger partial charge in [0.15, 0.2) is 0 Å². The number of rotatable bonds is 2. The number of hydrogen-bond acceptors (Lipinski definition) is 1. The predicted molar refractivity (Wildman–Crippen MR) is 69.6 cm³/mol. The highest BCUT2D eigenvalue weighted by molar-refractivity contribution is 14.1. The molecule has 1 aromatic rings. The summed E-state index contributed by atoms with van der Waals surface area (Å²) in [7, 11) is 0. The summed E-state index contributed by atoms with van der Waals surface area (Å²) in [6, 6.07) is 8.57. The predicted octanol–water partition coefficient (Wildman–Crippen LogP) is 3.20. The molecule has 0 heterocycles. The van der Waals surface area contributed by atoms with Gasteiger partial charge in [-0.15, -0.1) is 0 Å². The maximum atomic E-state index is 11.6. The van der Waals surface area contributed by atoms with Gasteiger partial charge in [-0.25, -0.2) is 0 Å². The number of halogens is 2. The quantitative estimate of drug-likeness (QED) is 0.632. The van der Waals surface area contributed by atoms with Crippen molar-refractivity contribution in [2.45, 2.75) is 18.2 Å². The minimum absolute atomic E-state index is 0.0714. The van der Waals surface area contributed by atoms with E-state index in [9.17, 15) is 4.79 Å². The van der Waals surface area contributed by atoms with Gasteiger partial charge in [-0.1, -0.05) is 28.1 Å². The van der Waals surface area contributed by atoms with Crippen molar-refractivity contribution in [1.82, 2.24) is 0 Å². The summed E-state index contributed by atoms with van der Waals surface area (Å²) < 4.78 is 0.426. The third kappa shape index (κ3) is 3.24. The van der Waals surface area contributed by atoms with E-state index in [1.54, 1.807) is 19.9 Å². The molecule has 1 radical (unpaired) electrons. The summed E-state index contributed by atoms with van der Waals surface area (Å²) in [5, 5.41) is 2.80. The molecule has 0 aromatic heterocycles. The van der Waals surface area contributed by atoms with E-state index in [1.807, 2.05) is 12.1 Å². The van der Waals surface area contributed by atoms with Crippen LogP contribution in [0.2, 0.25) is 0 Å². The lowest BCUT2D eigenvalue weighted by Crippen LogP contribution is -2.31. The van der Waals surface area contributed by atoms with Crippen LogP contribution in [0.5, 0.6) is 0 Å². The number of amides is 1. The van der Waals surface area contributed by atoms with E-state index < -0.39 is 4.32 Å². The molecule has 0 saturated carbocycles. The minimum atomic E-state index is -0.556. The molecular weight excluding hydrogens is 357 g/mol. The molecule has 1 rings (SSSR count). The van der Waals surface area contributed by atoms with E-state index in [-0.39, 0.29) is 5.91 Å². The number of nitrogens with one attached hydrogen (secondary N) is 1. The summed E-state index contributed by atoms with van der Waals surface area (Å²) in [6.07, 6.45) is 0. The van der Waals surface area contributed by atoms with Crippen molar-refractivity contribution in [3.05, 3.63) is 27.8 Å². The van der Waals surface area contributed by atoms with Crippen molar-refractivity contribution < 1.29 is 4.79 Å². The van der Waals surface area contributed by atoms with Crippen molar-refractivity contribution in [2.24, 2.45) is 0 Å². The Morgan fingerprint density at radius 2 is 2.29 bits per heavy atom. The molecule has 1 aromatic carbocycles. The lowest BCUT2D eigenvalue weighted by atomic mass is 10.2. The van der Waals surface area contributed by atoms with Gasteiger partial charge in [0.2, 0.25) is 5.91 Å². The summed E-state index contributed by atoms with van der Waals surface area (Å²) in [5.41, 5.74) is 0.727. The topological polar surface area (TPSA) is 29.1 Å². The molecule has 1 N–H and O–H groups in total. The molecule has 0 bridgehead atoms. The zero-order valence-electron chi connectivity index (χ0n) is 7.90. The van der Waals surface area contributed by atoms with E-state index in [0.717, 1.165) is 9.26 Å². The van der Waals surface area contributed by atoms with Crippen molar-refractivity contribution in [3.63, 3.8) is 0 Å². The Morgan fingerprint density at radius 3 is 2.79 bits per heavy atom. The number of hydrogen-bond donors (Lipinski definition) is 1. The largest absolute Gasteiger partial charge is 0.323 e. The Labute approximate surface area is 106 Å². The Morgan fingerprint density at radius 1 is 1.64 bits per heavy atom. The SMILES string of the molecule is CC(C)(Br)C(=O)Nc1[c]cccc1I. The second-order valence-corrected chi connectivity index (χ2v) is 6.46. The van der Waals surface area contributed by atoms with Gasteiger partial charge in [0, 0.05) is 9.64 Å². The molecular formula is C10H10BrINO. The van der Waals surface area contributed by atoms with Crippen molar-refractivity contribution in [1.29, 1.82) is 0 Å². The van der Waals surface area contributed by atoms with Gasteiger partial charge in [0.25, 0.3) is 0 Å². The highest BCUT2D eigenvalue weighted by Gasteiger charge is 2.23. The van der Waals surface area contributed by atoms with Crippen LogP contribution >= 0.6 is 38.5 Å². The first-order valence-electron chi connectivity index (χ1n) is 4.08. The van der Waals surface area contributed by atoms with Gasteiger partial charge < -0.3 is 5.32 Å². The highest BCUT2D eigenvalue weighted by atomic mass is 127. The molecule has 0 fully saturated rings. The lowest BCUT2D eigenvalue weighted by Gasteiger charge is -2.16. The third-order valence-corrected chi connectivity index (χ3v) is 2.84. The van der Waals surface area contributed by atoms with E-state index in [1.165, 1.54) is 0 Å². The molecule has 0 aliphatic heterocycles. The van der Waals surface area contributed by atoms with Crippen molar-refractivity contribution in [2.75, 3.05) is 5.32 Å². The second kappa shape index (κ2) is 4.61. The number of carbonyl (C=O) groups is 1. The van der Waals surface area contributed by atoms with Crippen LogP contribution in [0.1, 0.15) is 13.8 Å². The molecule has 0 atom stereocenters. The third-order valence-electron chi connectivity index (χ3n) is 1.58. The number of alkyl halides is 1. The molecule has 75 valence electrons. The zero-order chi connectivity index (χ0) is 10.8. The molecule has 4 heteroatoms. The van der Waals surface area contributed by atoms with Gasteiger partial charge in [-0.3, -0.25) is 4.79 Å². The average molecular weight is 367 g/mol. The molecule has 1 amide bonds. The van der Waals surface area contributed by atoms with Gasteiger partial charge in [0.1, 0.15) is 0 Å². The first kappa shape index (κ1) is 12.0. The summed E-state index contributed by atoms with van der Waals surface area (Å²) in [6.45, 7) is 3.61. The Kier molecular flexibility index (Phi) is 3.94. The number of para-hydroxylation sites is 1. The zero-order valence-corrected chi connectivity index (χ0v) is 11.6. The van der Waals surface area contributed by atoms with E-state index in [4.69, 9.17) is 0 Å². The molecule has 0 aliphatic rings. The van der Waals surface area contributed by atoms with E-state index in [2.05, 4.69) is 49.9 Å². The standard InChI is InChI=1S/C10H10BrINO/c1-10(2,11)9(14)13-8-6-4-3-5-7(8)12/h3-5H,1-2H3,(H,13,14). The molecule has 2 nitrogen and oxygen atoms in total. The highest BCUT2D eigenvalue weighted by Crippen LogP contribution is 2.21. The van der Waals surface area contributed by atoms with Gasteiger partial charge in [-0.05, 0) is 42.5 Å². The van der Waals surface area contributed by atoms with Crippen LogP contribution in [0.3, 0.4) is 0 Å². The lowest BCUT2D eigenvalue weighted by molar-refractivity contribution is -0.117. The summed E-state index contributed by atoms with van der Waals surface area (Å²) in [5.74, 6) is -0.0714. The minimum Gasteiger partial charge on any atom is -0.323 e. The maximum Gasteiger partial charge on any atom is 0.240 e. The van der Waals surface area contributed by atoms with Gasteiger partial charge in [-0.2, -0.15) is 0 Å². The van der Waals surface area contributed by atoms with Crippen LogP contribution in [-0.2, 0) is 4.79 Å². The average Bonchev–Trinajstić information content (AvgIpc) is 2.07.